The number of piperidine rings is 1. The van der Waals surface area contributed by atoms with Gasteiger partial charge in [0.1, 0.15) is 5.82 Å². The molecule has 0 radical (unpaired) electrons. The summed E-state index contributed by atoms with van der Waals surface area (Å²) < 4.78 is 41.0. The minimum Gasteiger partial charge on any atom is -0.333 e. The summed E-state index contributed by atoms with van der Waals surface area (Å²) in [5.74, 6) is -3.68. The fourth-order valence-electron chi connectivity index (χ4n) is 3.39. The molecule has 1 aromatic carbocycles. The van der Waals surface area contributed by atoms with E-state index in [1.54, 1.807) is 6.07 Å². The molecule has 7 heteroatoms. The highest BCUT2D eigenvalue weighted by Gasteiger charge is 2.37. The van der Waals surface area contributed by atoms with E-state index in [2.05, 4.69) is 5.32 Å². The van der Waals surface area contributed by atoms with Gasteiger partial charge in [-0.1, -0.05) is 6.07 Å². The molecule has 1 amide bonds. The molecule has 0 bridgehead atoms. The highest BCUT2D eigenvalue weighted by molar-refractivity contribution is 5.94. The molecule has 1 atom stereocenters. The highest BCUT2D eigenvalue weighted by atomic mass is 35.5. The van der Waals surface area contributed by atoms with Gasteiger partial charge in [0.05, 0.1) is 12.1 Å². The fraction of sp³-hybridized carbons (Fsp3) is 0.588. The Kier molecular flexibility index (Phi) is 6.15. The van der Waals surface area contributed by atoms with Crippen LogP contribution in [0, 0.1) is 11.7 Å². The van der Waals surface area contributed by atoms with E-state index in [0.717, 1.165) is 36.4 Å². The van der Waals surface area contributed by atoms with Gasteiger partial charge in [-0.2, -0.15) is 0 Å². The average molecular weight is 363 g/mol. The van der Waals surface area contributed by atoms with Crippen molar-refractivity contribution in [2.75, 3.05) is 26.2 Å². The number of hydrogen-bond donors (Lipinski definition) is 1. The number of carbonyl (C=O) groups is 1. The molecule has 2 aliphatic heterocycles. The molecule has 1 N–H and O–H groups in total. The Morgan fingerprint density at radius 3 is 2.83 bits per heavy atom. The lowest BCUT2D eigenvalue weighted by Gasteiger charge is -2.32. The fourth-order valence-corrected chi connectivity index (χ4v) is 3.39. The van der Waals surface area contributed by atoms with E-state index in [-0.39, 0.29) is 37.4 Å². The van der Waals surface area contributed by atoms with Crippen LogP contribution in [-0.2, 0) is 6.42 Å². The van der Waals surface area contributed by atoms with E-state index < -0.39 is 24.2 Å². The Bertz CT molecular complexity index is 591. The maximum Gasteiger partial charge on any atom is 0.265 e. The van der Waals surface area contributed by atoms with Gasteiger partial charge in [-0.05, 0) is 56.0 Å². The molecule has 2 saturated heterocycles. The van der Waals surface area contributed by atoms with Gasteiger partial charge in [-0.3, -0.25) is 4.79 Å². The molecule has 1 unspecified atom stereocenters. The molecule has 2 fully saturated rings. The number of likely N-dealkylation sites (tertiary alicyclic amines) is 1. The summed E-state index contributed by atoms with van der Waals surface area (Å²) in [5, 5.41) is 3.27. The van der Waals surface area contributed by atoms with Crippen LogP contribution in [0.3, 0.4) is 0 Å². The Balaban J connectivity index is 0.00000208. The lowest BCUT2D eigenvalue weighted by Crippen LogP contribution is -2.45. The van der Waals surface area contributed by atoms with Crippen LogP contribution in [0.15, 0.2) is 18.2 Å². The number of rotatable bonds is 3. The van der Waals surface area contributed by atoms with E-state index in [0.29, 0.717) is 5.92 Å². The van der Waals surface area contributed by atoms with Crippen LogP contribution in [0.25, 0.3) is 0 Å². The molecular weight excluding hydrogens is 341 g/mol. The van der Waals surface area contributed by atoms with E-state index in [1.165, 1.54) is 12.1 Å². The van der Waals surface area contributed by atoms with E-state index in [9.17, 15) is 18.0 Å². The first kappa shape index (κ1) is 19.1. The van der Waals surface area contributed by atoms with Gasteiger partial charge < -0.3 is 10.2 Å². The Morgan fingerprint density at radius 2 is 2.17 bits per heavy atom. The number of alkyl halides is 2. The van der Waals surface area contributed by atoms with Crippen LogP contribution in [0.2, 0.25) is 0 Å². The first-order valence-electron chi connectivity index (χ1n) is 8.11. The normalized spacial score (nSPS) is 23.0. The predicted octanol–water partition coefficient (Wildman–Crippen LogP) is 3.27. The highest BCUT2D eigenvalue weighted by Crippen LogP contribution is 2.28. The second-order valence-electron chi connectivity index (χ2n) is 6.56. The van der Waals surface area contributed by atoms with E-state index >= 15 is 0 Å². The van der Waals surface area contributed by atoms with E-state index in [4.69, 9.17) is 0 Å². The van der Waals surface area contributed by atoms with Crippen molar-refractivity contribution < 1.29 is 18.0 Å². The molecule has 0 aromatic heterocycles. The summed E-state index contributed by atoms with van der Waals surface area (Å²) in [5.41, 5.74) is 0.790. The van der Waals surface area contributed by atoms with Crippen molar-refractivity contribution in [3.05, 3.63) is 35.1 Å². The van der Waals surface area contributed by atoms with Gasteiger partial charge in [0.2, 0.25) is 0 Å². The summed E-state index contributed by atoms with van der Waals surface area (Å²) in [6.07, 6.45) is 1.85. The molecule has 3 rings (SSSR count). The molecule has 24 heavy (non-hydrogen) atoms. The first-order valence-corrected chi connectivity index (χ1v) is 8.11. The third kappa shape index (κ3) is 4.42. The minimum absolute atomic E-state index is 0. The maximum atomic E-state index is 14.0. The van der Waals surface area contributed by atoms with Crippen molar-refractivity contribution >= 4 is 18.3 Å². The van der Waals surface area contributed by atoms with Gasteiger partial charge >= 0.3 is 0 Å². The summed E-state index contributed by atoms with van der Waals surface area (Å²) in [4.78, 5) is 13.5. The monoisotopic (exact) mass is 362 g/mol. The van der Waals surface area contributed by atoms with Crippen LogP contribution in [0.5, 0.6) is 0 Å². The smallest absolute Gasteiger partial charge is 0.265 e. The van der Waals surface area contributed by atoms with Gasteiger partial charge in [0.15, 0.2) is 0 Å². The third-order valence-electron chi connectivity index (χ3n) is 4.63. The summed E-state index contributed by atoms with van der Waals surface area (Å²) in [7, 11) is 0. The standard InChI is InChI=1S/C17H21F3N2O.ClH/c18-15-3-2-12(8-13-4-6-21-10-13)9-14(15)16(23)22-7-1-5-17(19,20)11-22;/h2-3,9,13,21H,1,4-8,10-11H2;1H. The summed E-state index contributed by atoms with van der Waals surface area (Å²) in [6, 6.07) is 4.48. The third-order valence-corrected chi connectivity index (χ3v) is 4.63. The quantitative estimate of drug-likeness (QED) is 0.895. The maximum absolute atomic E-state index is 14.0. The zero-order chi connectivity index (χ0) is 16.4. The van der Waals surface area contributed by atoms with Gasteiger partial charge in [-0.25, -0.2) is 13.2 Å². The Morgan fingerprint density at radius 1 is 1.38 bits per heavy atom. The number of benzene rings is 1. The first-order chi connectivity index (χ1) is 10.9. The van der Waals surface area contributed by atoms with Crippen molar-refractivity contribution in [3.8, 4) is 0 Å². The number of amides is 1. The summed E-state index contributed by atoms with van der Waals surface area (Å²) in [6.45, 7) is 1.52. The molecule has 134 valence electrons. The second kappa shape index (κ2) is 7.74. The number of nitrogens with one attached hydrogen (secondary N) is 1. The zero-order valence-electron chi connectivity index (χ0n) is 13.4. The molecule has 3 nitrogen and oxygen atoms in total. The molecular formula is C17H22ClF3N2O. The Hall–Kier alpha value is -1.27. The van der Waals surface area contributed by atoms with Gasteiger partial charge in [0, 0.05) is 13.0 Å². The number of hydrogen-bond acceptors (Lipinski definition) is 2. The molecule has 0 aliphatic carbocycles. The van der Waals surface area contributed by atoms with E-state index in [1.807, 2.05) is 0 Å². The molecule has 1 aromatic rings. The average Bonchev–Trinajstić information content (AvgIpc) is 3.00. The topological polar surface area (TPSA) is 32.3 Å². The van der Waals surface area contributed by atoms with Gasteiger partial charge in [0.25, 0.3) is 11.8 Å². The predicted molar refractivity (Wildman–Crippen MR) is 88.4 cm³/mol. The van der Waals surface area contributed by atoms with Crippen LogP contribution < -0.4 is 5.32 Å². The van der Waals surface area contributed by atoms with Crippen molar-refractivity contribution in [2.45, 2.75) is 31.6 Å². The molecule has 2 aliphatic rings. The minimum atomic E-state index is -2.88. The van der Waals surface area contributed by atoms with Crippen LogP contribution in [0.1, 0.15) is 35.2 Å². The Labute approximate surface area is 146 Å². The van der Waals surface area contributed by atoms with Crippen LogP contribution >= 0.6 is 12.4 Å². The zero-order valence-corrected chi connectivity index (χ0v) is 14.2. The lowest BCUT2D eigenvalue weighted by atomic mass is 9.96. The number of halogens is 4. The van der Waals surface area contributed by atoms with Crippen LogP contribution in [-0.4, -0.2) is 42.9 Å². The van der Waals surface area contributed by atoms with Crippen molar-refractivity contribution in [1.29, 1.82) is 0 Å². The SMILES string of the molecule is Cl.O=C(c1cc(CC2CCNC2)ccc1F)N1CCCC(F)(F)C1. The largest absolute Gasteiger partial charge is 0.333 e. The van der Waals surface area contributed by atoms with Crippen molar-refractivity contribution in [3.63, 3.8) is 0 Å². The summed E-state index contributed by atoms with van der Waals surface area (Å²) >= 11 is 0. The molecule has 0 saturated carbocycles. The molecule has 0 spiro atoms. The second-order valence-corrected chi connectivity index (χ2v) is 6.56. The van der Waals surface area contributed by atoms with Crippen molar-refractivity contribution in [1.82, 2.24) is 10.2 Å². The number of carbonyl (C=O) groups excluding carboxylic acids is 1. The van der Waals surface area contributed by atoms with Crippen LogP contribution in [0.4, 0.5) is 13.2 Å². The lowest BCUT2D eigenvalue weighted by molar-refractivity contribution is -0.0561. The molecule has 2 heterocycles. The number of nitrogens with zero attached hydrogens (tertiary/aromatic N) is 1. The van der Waals surface area contributed by atoms with Gasteiger partial charge in [-0.15, -0.1) is 12.4 Å². The van der Waals surface area contributed by atoms with Crippen molar-refractivity contribution in [2.24, 2.45) is 5.92 Å².